The minimum atomic E-state index is 0.167. The quantitative estimate of drug-likeness (QED) is 0.581. The molecule has 0 aromatic rings. The average Bonchev–Trinajstić information content (AvgIpc) is 0.811. The summed E-state index contributed by atoms with van der Waals surface area (Å²) in [6.45, 7) is 1.53. The van der Waals surface area contributed by atoms with Gasteiger partial charge in [0.05, 0.1) is 0 Å². The van der Waals surface area contributed by atoms with E-state index in [0.717, 1.165) is 0 Å². The molecule has 2 heteroatoms. The Morgan fingerprint density at radius 2 is 2.00 bits per heavy atom. The van der Waals surface area contributed by atoms with E-state index in [0.29, 0.717) is 0 Å². The average molecular weight is 235 g/mol. The van der Waals surface area contributed by atoms with Gasteiger partial charge in [0.15, 0.2) is 0 Å². The van der Waals surface area contributed by atoms with Gasteiger partial charge in [0.2, 0.25) is 0 Å². The van der Waals surface area contributed by atoms with Crippen LogP contribution in [0.25, 0.3) is 0 Å². The number of carbonyl (C=O) groups is 1. The zero-order chi connectivity index (χ0) is 3.58. The van der Waals surface area contributed by atoms with Crippen molar-refractivity contribution in [2.24, 2.45) is 0 Å². The second kappa shape index (κ2) is 1.62. The Labute approximate surface area is 35.5 Å². The van der Waals surface area contributed by atoms with Crippen LogP contribution in [0, 0.1) is 0 Å². The van der Waals surface area contributed by atoms with Crippen LogP contribution in [0.1, 0.15) is 6.92 Å². The molecule has 0 radical (unpaired) electrons. The van der Waals surface area contributed by atoms with Crippen LogP contribution in [-0.2, 0) is 23.7 Å². The first-order chi connectivity index (χ1) is 1.73. The first-order valence-corrected chi connectivity index (χ1v) is 2.07. The molecule has 0 N–H and O–H groups in total. The van der Waals surface area contributed by atoms with E-state index in [2.05, 4.69) is 0 Å². The van der Waals surface area contributed by atoms with E-state index in [1.165, 1.54) is 25.8 Å². The predicted octanol–water partition coefficient (Wildman–Crippen LogP) is 0.0797. The maximum atomic E-state index is 9.44. The normalized spacial score (nSPS) is 6.50. The topological polar surface area (TPSA) is 17.1 Å². The summed E-state index contributed by atoms with van der Waals surface area (Å²) in [5.74, 6) is 0. The van der Waals surface area contributed by atoms with E-state index in [4.69, 9.17) is 0 Å². The Morgan fingerprint density at radius 3 is 2.00 bits per heavy atom. The van der Waals surface area contributed by atoms with Gasteiger partial charge in [0, 0.05) is 0 Å². The SMILES string of the molecule is C[C](=O)[Ir+2]. The Hall–Kier alpha value is 0.319. The summed E-state index contributed by atoms with van der Waals surface area (Å²) in [5, 5.41) is 0. The van der Waals surface area contributed by atoms with E-state index in [1.54, 1.807) is 0 Å². The molecule has 0 aliphatic carbocycles. The molecule has 24 valence electrons. The molecule has 0 aromatic heterocycles. The van der Waals surface area contributed by atoms with Gasteiger partial charge < -0.3 is 0 Å². The molecule has 0 fully saturated rings. The number of hydrogen-bond acceptors (Lipinski definition) is 1. The zero-order valence-electron chi connectivity index (χ0n) is 2.24. The van der Waals surface area contributed by atoms with Gasteiger partial charge in [0.25, 0.3) is 0 Å². The van der Waals surface area contributed by atoms with Crippen molar-refractivity contribution in [1.29, 1.82) is 0 Å². The number of rotatable bonds is 0. The Morgan fingerprint density at radius 1 is 2.00 bits per heavy atom. The van der Waals surface area contributed by atoms with Crippen LogP contribution in [0.3, 0.4) is 0 Å². The van der Waals surface area contributed by atoms with E-state index in [1.807, 2.05) is 0 Å². The molecule has 0 bridgehead atoms. The molecule has 4 heavy (non-hydrogen) atoms. The fraction of sp³-hybridized carbons (Fsp3) is 0.500. The molecular formula is C2H3IrO+2. The Balaban J connectivity index is 2.80. The van der Waals surface area contributed by atoms with E-state index in [-0.39, 0.29) is 4.30 Å². The first-order valence-electron chi connectivity index (χ1n) is 0.871. The molecule has 0 aromatic carbocycles. The predicted molar refractivity (Wildman–Crippen MR) is 10.7 cm³/mol. The second-order valence-corrected chi connectivity index (χ2v) is 2.13. The molecule has 0 saturated carbocycles. The number of carbonyl (C=O) groups excluding carboxylic acids is 1. The maximum absolute atomic E-state index is 9.44. The van der Waals surface area contributed by atoms with Crippen LogP contribution in [-0.4, -0.2) is 4.30 Å². The fourth-order valence-corrected chi connectivity index (χ4v) is 0. The van der Waals surface area contributed by atoms with Gasteiger partial charge in [0.1, 0.15) is 0 Å². The second-order valence-electron chi connectivity index (χ2n) is 0.439. The van der Waals surface area contributed by atoms with Gasteiger partial charge in [-0.1, -0.05) is 0 Å². The molecule has 0 amide bonds. The van der Waals surface area contributed by atoms with Crippen LogP contribution in [0.4, 0.5) is 0 Å². The van der Waals surface area contributed by atoms with E-state index < -0.39 is 0 Å². The summed E-state index contributed by atoms with van der Waals surface area (Å²) in [5.41, 5.74) is 0. The zero-order valence-corrected chi connectivity index (χ0v) is 4.64. The fourth-order valence-electron chi connectivity index (χ4n) is 0. The molecule has 0 heterocycles. The van der Waals surface area contributed by atoms with Crippen molar-refractivity contribution in [2.75, 3.05) is 0 Å². The van der Waals surface area contributed by atoms with Crippen LogP contribution in [0.15, 0.2) is 0 Å². The summed E-state index contributed by atoms with van der Waals surface area (Å²) in [6, 6.07) is 0. The van der Waals surface area contributed by atoms with Crippen LogP contribution < -0.4 is 0 Å². The molecule has 0 unspecified atom stereocenters. The minimum absolute atomic E-state index is 0.167. The van der Waals surface area contributed by atoms with Crippen molar-refractivity contribution in [2.45, 2.75) is 6.92 Å². The third kappa shape index (κ3) is 39.6. The van der Waals surface area contributed by atoms with Gasteiger partial charge >= 0.3 is 34.9 Å². The summed E-state index contributed by atoms with van der Waals surface area (Å²) in [4.78, 5) is 9.44. The van der Waals surface area contributed by atoms with Gasteiger partial charge in [-0.2, -0.15) is 0 Å². The standard InChI is InChI=1S/C2H3O.Ir/c1-2-3;/h1H3;/q;+2. The Bertz CT molecular complexity index is 29.0. The molecule has 0 rings (SSSR count). The van der Waals surface area contributed by atoms with Crippen LogP contribution >= 0.6 is 0 Å². The molecule has 0 spiro atoms. The monoisotopic (exact) mass is 236 g/mol. The van der Waals surface area contributed by atoms with Gasteiger partial charge in [-0.25, -0.2) is 0 Å². The van der Waals surface area contributed by atoms with E-state index in [9.17, 15) is 4.79 Å². The summed E-state index contributed by atoms with van der Waals surface area (Å²) < 4.78 is 0.167. The van der Waals surface area contributed by atoms with Gasteiger partial charge in [-0.15, -0.1) is 0 Å². The molecular weight excluding hydrogens is 232 g/mol. The van der Waals surface area contributed by atoms with Crippen LogP contribution in [0.2, 0.25) is 0 Å². The van der Waals surface area contributed by atoms with Gasteiger partial charge in [-0.05, 0) is 0 Å². The number of hydrogen-bond donors (Lipinski definition) is 0. The summed E-state index contributed by atoms with van der Waals surface area (Å²) >= 11 is 1.53. The van der Waals surface area contributed by atoms with Crippen molar-refractivity contribution in [3.63, 3.8) is 0 Å². The molecule has 0 saturated heterocycles. The van der Waals surface area contributed by atoms with Gasteiger partial charge in [-0.3, -0.25) is 0 Å². The molecule has 1 nitrogen and oxygen atoms in total. The van der Waals surface area contributed by atoms with Crippen molar-refractivity contribution >= 4 is 4.30 Å². The molecule has 0 aliphatic heterocycles. The third-order valence-corrected chi connectivity index (χ3v) is 0. The molecule has 0 atom stereocenters. The van der Waals surface area contributed by atoms with Crippen molar-refractivity contribution in [1.82, 2.24) is 0 Å². The summed E-state index contributed by atoms with van der Waals surface area (Å²) in [6.07, 6.45) is 0. The third-order valence-electron chi connectivity index (χ3n) is 0. The Kier molecular flexibility index (Phi) is 1.75. The van der Waals surface area contributed by atoms with E-state index >= 15 is 0 Å². The van der Waals surface area contributed by atoms with Crippen molar-refractivity contribution < 1.29 is 23.7 Å². The summed E-state index contributed by atoms with van der Waals surface area (Å²) in [7, 11) is 0. The van der Waals surface area contributed by atoms with Crippen molar-refractivity contribution in [3.05, 3.63) is 0 Å². The van der Waals surface area contributed by atoms with Crippen molar-refractivity contribution in [3.8, 4) is 0 Å². The molecule has 0 aliphatic rings. The van der Waals surface area contributed by atoms with Crippen LogP contribution in [0.5, 0.6) is 0 Å². The first kappa shape index (κ1) is 4.32.